The average Bonchev–Trinajstić information content (AvgIpc) is 3.31. The van der Waals surface area contributed by atoms with Crippen LogP contribution in [0.15, 0.2) is 63.4 Å². The number of oxime groups is 1. The second kappa shape index (κ2) is 13.3. The SMILES string of the molecule is CO/N=C1\C[C@]2(C[C@@H]3C[C@@H](C/C=C(\C)C[C@@H](C)/C=C/C=C4\CO[C@@H]5[C@H](O)C(C)=CC(C(=O)O3)[C@]45O)O2)O[C@H](C(C)=C(C)C)[C@H]1C. The lowest BCUT2D eigenvalue weighted by Gasteiger charge is -2.50. The van der Waals surface area contributed by atoms with Crippen LogP contribution in [0, 0.1) is 17.8 Å². The number of carbonyl (C=O) groups is 1. The third-order valence-electron chi connectivity index (χ3n) is 10.3. The minimum atomic E-state index is -1.74. The first-order valence-electron chi connectivity index (χ1n) is 16.3. The number of aliphatic hydroxyl groups is 2. The second-order valence-corrected chi connectivity index (χ2v) is 14.0. The fourth-order valence-corrected chi connectivity index (χ4v) is 7.58. The van der Waals surface area contributed by atoms with E-state index in [1.54, 1.807) is 20.1 Å². The number of rotatable bonds is 2. The lowest BCUT2D eigenvalue weighted by molar-refractivity contribution is -0.313. The molecular weight excluding hydrogens is 574 g/mol. The minimum Gasteiger partial charge on any atom is -0.462 e. The van der Waals surface area contributed by atoms with Crippen molar-refractivity contribution < 1.29 is 38.8 Å². The van der Waals surface area contributed by atoms with E-state index in [0.29, 0.717) is 36.8 Å². The summed E-state index contributed by atoms with van der Waals surface area (Å²) >= 11 is 0. The number of hydrogen-bond acceptors (Lipinski definition) is 9. The maximum absolute atomic E-state index is 14.1. The van der Waals surface area contributed by atoms with Crippen molar-refractivity contribution in [2.75, 3.05) is 13.7 Å². The molecule has 1 aliphatic carbocycles. The highest BCUT2D eigenvalue weighted by Crippen LogP contribution is 2.47. The molecule has 0 amide bonds. The summed E-state index contributed by atoms with van der Waals surface area (Å²) in [7, 11) is 1.54. The van der Waals surface area contributed by atoms with Crippen LogP contribution in [0.3, 0.4) is 0 Å². The number of carbonyl (C=O) groups excluding carboxylic acids is 1. The molecule has 0 saturated carbocycles. The fourth-order valence-electron chi connectivity index (χ4n) is 7.58. The Morgan fingerprint density at radius 3 is 2.60 bits per heavy atom. The summed E-state index contributed by atoms with van der Waals surface area (Å²) in [5.74, 6) is -2.48. The molecule has 5 rings (SSSR count). The zero-order chi connectivity index (χ0) is 32.7. The quantitative estimate of drug-likeness (QED) is 0.235. The Bertz CT molecular complexity index is 1340. The van der Waals surface area contributed by atoms with Gasteiger partial charge in [0.1, 0.15) is 36.9 Å². The van der Waals surface area contributed by atoms with Crippen molar-refractivity contribution in [2.45, 2.75) is 122 Å². The summed E-state index contributed by atoms with van der Waals surface area (Å²) < 4.78 is 26.0. The Balaban J connectivity index is 1.56. The molecule has 0 radical (unpaired) electrons. The summed E-state index contributed by atoms with van der Waals surface area (Å²) in [6, 6.07) is 0. The summed E-state index contributed by atoms with van der Waals surface area (Å²) in [6.07, 6.45) is 9.22. The number of fused-ring (bicyclic) bond motifs is 2. The molecule has 45 heavy (non-hydrogen) atoms. The van der Waals surface area contributed by atoms with Gasteiger partial charge in [-0.25, -0.2) is 0 Å². The molecule has 9 nitrogen and oxygen atoms in total. The first-order chi connectivity index (χ1) is 21.3. The largest absolute Gasteiger partial charge is 0.462 e. The van der Waals surface area contributed by atoms with Gasteiger partial charge in [-0.3, -0.25) is 4.79 Å². The number of nitrogens with zero attached hydrogens (tertiary/aromatic N) is 1. The van der Waals surface area contributed by atoms with E-state index in [2.05, 4.69) is 58.9 Å². The molecule has 1 unspecified atom stereocenters. The first kappa shape index (κ1) is 33.8. The average molecular weight is 626 g/mol. The van der Waals surface area contributed by atoms with Crippen molar-refractivity contribution in [1.29, 1.82) is 0 Å². The molecule has 1 spiro atoms. The van der Waals surface area contributed by atoms with Gasteiger partial charge in [0, 0.05) is 25.2 Å². The van der Waals surface area contributed by atoms with Crippen LogP contribution in [0.5, 0.6) is 0 Å². The minimum absolute atomic E-state index is 0.0294. The van der Waals surface area contributed by atoms with Crippen molar-refractivity contribution in [3.8, 4) is 0 Å². The molecule has 0 aromatic rings. The summed E-state index contributed by atoms with van der Waals surface area (Å²) in [5, 5.41) is 27.5. The zero-order valence-electron chi connectivity index (χ0n) is 28.0. The lowest BCUT2D eigenvalue weighted by Crippen LogP contribution is -2.59. The Hall–Kier alpha value is -2.56. The van der Waals surface area contributed by atoms with E-state index in [0.717, 1.165) is 23.3 Å². The molecular formula is C36H51NO8. The van der Waals surface area contributed by atoms with Crippen molar-refractivity contribution in [3.63, 3.8) is 0 Å². The van der Waals surface area contributed by atoms with E-state index in [1.807, 2.05) is 12.2 Å². The molecule has 5 aliphatic rings. The third-order valence-corrected chi connectivity index (χ3v) is 10.3. The summed E-state index contributed by atoms with van der Waals surface area (Å²) in [4.78, 5) is 19.4. The number of ether oxygens (including phenoxy) is 4. The first-order valence-corrected chi connectivity index (χ1v) is 16.3. The van der Waals surface area contributed by atoms with Crippen molar-refractivity contribution in [3.05, 3.63) is 58.2 Å². The maximum Gasteiger partial charge on any atom is 0.316 e. The smallest absolute Gasteiger partial charge is 0.316 e. The van der Waals surface area contributed by atoms with Crippen molar-refractivity contribution in [2.24, 2.45) is 22.9 Å². The molecule has 4 heterocycles. The molecule has 3 saturated heterocycles. The van der Waals surface area contributed by atoms with E-state index in [9.17, 15) is 15.0 Å². The number of hydrogen-bond donors (Lipinski definition) is 2. The van der Waals surface area contributed by atoms with Crippen LogP contribution in [0.2, 0.25) is 0 Å². The summed E-state index contributed by atoms with van der Waals surface area (Å²) in [5.41, 5.74) is 3.72. The van der Waals surface area contributed by atoms with Crippen molar-refractivity contribution in [1.82, 2.24) is 0 Å². The van der Waals surface area contributed by atoms with E-state index >= 15 is 0 Å². The fraction of sp³-hybridized carbons (Fsp3) is 0.667. The molecule has 10 atom stereocenters. The Morgan fingerprint density at radius 1 is 1.13 bits per heavy atom. The van der Waals surface area contributed by atoms with E-state index in [4.69, 9.17) is 23.8 Å². The monoisotopic (exact) mass is 625 g/mol. The molecule has 0 aromatic heterocycles. The van der Waals surface area contributed by atoms with Gasteiger partial charge in [0.15, 0.2) is 5.79 Å². The predicted octanol–water partition coefficient (Wildman–Crippen LogP) is 5.48. The molecule has 0 aromatic carbocycles. The third kappa shape index (κ3) is 6.65. The number of esters is 1. The van der Waals surface area contributed by atoms with Crippen LogP contribution in [0.25, 0.3) is 0 Å². The van der Waals surface area contributed by atoms with Gasteiger partial charge in [0.25, 0.3) is 0 Å². The zero-order valence-corrected chi connectivity index (χ0v) is 28.0. The van der Waals surface area contributed by atoms with Crippen molar-refractivity contribution >= 4 is 11.7 Å². The highest BCUT2D eigenvalue weighted by atomic mass is 16.7. The molecule has 9 heteroatoms. The van der Waals surface area contributed by atoms with Crippen LogP contribution < -0.4 is 0 Å². The number of allylic oxidation sites excluding steroid dienone is 5. The molecule has 4 aliphatic heterocycles. The van der Waals surface area contributed by atoms with Gasteiger partial charge in [-0.1, -0.05) is 60.5 Å². The van der Waals surface area contributed by atoms with Gasteiger partial charge < -0.3 is 34.0 Å². The molecule has 2 N–H and O–H groups in total. The van der Waals surface area contributed by atoms with E-state index < -0.39 is 41.6 Å². The predicted molar refractivity (Wildman–Crippen MR) is 171 cm³/mol. The molecule has 3 fully saturated rings. The van der Waals surface area contributed by atoms with Crippen LogP contribution in [-0.2, 0) is 28.6 Å². The Morgan fingerprint density at radius 2 is 1.89 bits per heavy atom. The normalized spacial score (nSPS) is 44.5. The molecule has 248 valence electrons. The number of aliphatic hydroxyl groups excluding tert-OH is 1. The van der Waals surface area contributed by atoms with Gasteiger partial charge in [0.05, 0.1) is 24.5 Å². The van der Waals surface area contributed by atoms with Crippen LogP contribution >= 0.6 is 0 Å². The van der Waals surface area contributed by atoms with Crippen LogP contribution in [0.4, 0.5) is 0 Å². The maximum atomic E-state index is 14.1. The molecule has 2 bridgehead atoms. The standard InChI is InChI=1S/C36H51NO8/c1-20(2)24(6)32-25(7)30(37-41-8)18-35(45-32)17-28-16-27(44-35)13-12-22(4)14-21(3)10-9-11-26-19-42-33-31(38)23(5)15-29(34(39)43-28)36(26,33)40/h9-12,15,21,25,27-29,31-33,38,40H,13-14,16-19H2,1-8H3/b10-9+,22-12+,26-11+,37-30+/t21-,25-,27+,28-,29?,31+,32+,33+,35-,36+/m0/s1. The van der Waals surface area contributed by atoms with Crippen LogP contribution in [0.1, 0.15) is 80.6 Å². The highest BCUT2D eigenvalue weighted by Gasteiger charge is 2.60. The summed E-state index contributed by atoms with van der Waals surface area (Å²) in [6.45, 7) is 14.4. The van der Waals surface area contributed by atoms with E-state index in [1.165, 1.54) is 5.57 Å². The topological polar surface area (TPSA) is 116 Å². The Labute approximate surface area is 267 Å². The van der Waals surface area contributed by atoms with Gasteiger partial charge in [0.2, 0.25) is 0 Å². The van der Waals surface area contributed by atoms with Gasteiger partial charge >= 0.3 is 5.97 Å². The second-order valence-electron chi connectivity index (χ2n) is 14.0. The highest BCUT2D eigenvalue weighted by molar-refractivity contribution is 5.88. The van der Waals surface area contributed by atoms with Crippen LogP contribution in [-0.4, -0.2) is 77.5 Å². The van der Waals surface area contributed by atoms with Gasteiger partial charge in [-0.15, -0.1) is 0 Å². The van der Waals surface area contributed by atoms with Gasteiger partial charge in [-0.2, -0.15) is 0 Å². The van der Waals surface area contributed by atoms with Gasteiger partial charge in [-0.05, 0) is 70.1 Å². The van der Waals surface area contributed by atoms with E-state index in [-0.39, 0.29) is 30.7 Å². The Kier molecular flexibility index (Phi) is 9.97. The lowest BCUT2D eigenvalue weighted by atomic mass is 9.71.